The smallest absolute Gasteiger partial charge is 0.00156 e. The van der Waals surface area contributed by atoms with Crippen molar-refractivity contribution < 1.29 is 0 Å². The fourth-order valence-electron chi connectivity index (χ4n) is 4.46. The van der Waals surface area contributed by atoms with Crippen LogP contribution < -0.4 is 5.32 Å². The molecule has 1 heterocycles. The Hall–Kier alpha value is -0.0800. The number of nitrogens with zero attached hydrogens (tertiary/aromatic N) is 1. The number of piperidine rings is 1. The molecular formula is C25H52N2. The van der Waals surface area contributed by atoms with E-state index in [4.69, 9.17) is 0 Å². The van der Waals surface area contributed by atoms with Crippen molar-refractivity contribution in [3.63, 3.8) is 0 Å². The molecule has 0 aromatic carbocycles. The molecule has 0 aromatic rings. The van der Waals surface area contributed by atoms with Crippen molar-refractivity contribution in [1.82, 2.24) is 10.2 Å². The van der Waals surface area contributed by atoms with Gasteiger partial charge in [0.25, 0.3) is 0 Å². The average molecular weight is 381 g/mol. The quantitative estimate of drug-likeness (QED) is 0.239. The Labute approximate surface area is 172 Å². The van der Waals surface area contributed by atoms with Gasteiger partial charge >= 0.3 is 0 Å². The van der Waals surface area contributed by atoms with E-state index < -0.39 is 0 Å². The van der Waals surface area contributed by atoms with Gasteiger partial charge in [-0.2, -0.15) is 0 Å². The number of nitrogens with one attached hydrogen (secondary N) is 1. The van der Waals surface area contributed by atoms with Crippen molar-refractivity contribution in [1.29, 1.82) is 0 Å². The molecule has 2 nitrogen and oxygen atoms in total. The molecule has 0 aliphatic carbocycles. The number of hydrogen-bond acceptors (Lipinski definition) is 2. The first-order chi connectivity index (χ1) is 13.4. The maximum atomic E-state index is 3.59. The van der Waals surface area contributed by atoms with E-state index in [1.54, 1.807) is 0 Å². The molecule has 1 fully saturated rings. The summed E-state index contributed by atoms with van der Waals surface area (Å²) in [5.41, 5.74) is 0. The maximum absolute atomic E-state index is 3.59. The summed E-state index contributed by atoms with van der Waals surface area (Å²) in [7, 11) is 0. The summed E-state index contributed by atoms with van der Waals surface area (Å²) < 4.78 is 0. The van der Waals surface area contributed by atoms with Crippen LogP contribution in [0.25, 0.3) is 0 Å². The minimum absolute atomic E-state index is 0.935. The molecule has 0 bridgehead atoms. The molecule has 1 aliphatic rings. The lowest BCUT2D eigenvalue weighted by molar-refractivity contribution is 0.228. The zero-order valence-corrected chi connectivity index (χ0v) is 19.1. The van der Waals surface area contributed by atoms with Crippen molar-refractivity contribution in [2.24, 2.45) is 5.92 Å². The molecule has 0 saturated carbocycles. The number of unbranched alkanes of at least 4 members (excludes halogenated alkanes) is 12. The van der Waals surface area contributed by atoms with Gasteiger partial charge in [-0.3, -0.25) is 0 Å². The molecule has 162 valence electrons. The molecule has 1 saturated heterocycles. The zero-order chi connectivity index (χ0) is 19.4. The highest BCUT2D eigenvalue weighted by Crippen LogP contribution is 2.16. The van der Waals surface area contributed by atoms with Crippen molar-refractivity contribution in [3.8, 4) is 0 Å². The summed E-state index contributed by atoms with van der Waals surface area (Å²) >= 11 is 0. The Balaban J connectivity index is 2.13. The van der Waals surface area contributed by atoms with Crippen LogP contribution in [0, 0.1) is 5.92 Å². The molecule has 0 radical (unpaired) electrons. The lowest BCUT2D eigenvalue weighted by Crippen LogP contribution is -2.34. The van der Waals surface area contributed by atoms with E-state index in [9.17, 15) is 0 Å². The predicted octanol–water partition coefficient (Wildman–Crippen LogP) is 7.18. The summed E-state index contributed by atoms with van der Waals surface area (Å²) in [6, 6.07) is 0. The van der Waals surface area contributed by atoms with Crippen LogP contribution in [0.2, 0.25) is 0 Å². The second-order valence-corrected chi connectivity index (χ2v) is 9.09. The fourth-order valence-corrected chi connectivity index (χ4v) is 4.46. The number of rotatable bonds is 19. The highest BCUT2D eigenvalue weighted by Gasteiger charge is 2.14. The maximum Gasteiger partial charge on any atom is -0.00156 e. The van der Waals surface area contributed by atoms with E-state index in [0.717, 1.165) is 5.92 Å². The third-order valence-electron chi connectivity index (χ3n) is 6.41. The van der Waals surface area contributed by atoms with Crippen LogP contribution in [0.15, 0.2) is 0 Å². The van der Waals surface area contributed by atoms with Gasteiger partial charge < -0.3 is 10.2 Å². The van der Waals surface area contributed by atoms with Crippen molar-refractivity contribution in [3.05, 3.63) is 0 Å². The molecule has 2 heteroatoms. The van der Waals surface area contributed by atoms with E-state index in [-0.39, 0.29) is 0 Å². The predicted molar refractivity (Wildman–Crippen MR) is 123 cm³/mol. The van der Waals surface area contributed by atoms with Crippen LogP contribution in [-0.4, -0.2) is 37.6 Å². The average Bonchev–Trinajstić information content (AvgIpc) is 2.70. The molecule has 0 aromatic heterocycles. The fraction of sp³-hybridized carbons (Fsp3) is 1.00. The van der Waals surface area contributed by atoms with Crippen molar-refractivity contribution in [2.75, 3.05) is 32.7 Å². The molecule has 27 heavy (non-hydrogen) atoms. The Morgan fingerprint density at radius 2 is 1.19 bits per heavy atom. The molecule has 1 rings (SSSR count). The Kier molecular flexibility index (Phi) is 17.8. The topological polar surface area (TPSA) is 15.3 Å². The van der Waals surface area contributed by atoms with E-state index in [2.05, 4.69) is 24.1 Å². The zero-order valence-electron chi connectivity index (χ0n) is 19.1. The Morgan fingerprint density at radius 1 is 0.667 bits per heavy atom. The minimum atomic E-state index is 0.935. The van der Waals surface area contributed by atoms with E-state index in [0.29, 0.717) is 0 Å². The summed E-state index contributed by atoms with van der Waals surface area (Å²) in [4.78, 5) is 2.81. The first kappa shape index (κ1) is 25.0. The van der Waals surface area contributed by atoms with Crippen molar-refractivity contribution >= 4 is 0 Å². The second kappa shape index (κ2) is 19.2. The summed E-state index contributed by atoms with van der Waals surface area (Å²) in [6.07, 6.45) is 24.3. The van der Waals surface area contributed by atoms with Gasteiger partial charge in [0.2, 0.25) is 0 Å². The summed E-state index contributed by atoms with van der Waals surface area (Å²) in [5.74, 6) is 0.935. The Morgan fingerprint density at radius 3 is 1.67 bits per heavy atom. The standard InChI is InChI=1S/C25H52N2/c1-3-5-7-9-11-13-15-21-27(22-16-14-12-10-8-6-4-2)23-19-25-18-17-20-26-24-25/h25-26H,3-24H2,1-2H3. The van der Waals surface area contributed by atoms with Gasteiger partial charge in [-0.05, 0) is 70.7 Å². The van der Waals surface area contributed by atoms with Gasteiger partial charge in [0.1, 0.15) is 0 Å². The number of hydrogen-bond donors (Lipinski definition) is 1. The molecule has 1 N–H and O–H groups in total. The molecular weight excluding hydrogens is 328 g/mol. The first-order valence-electron chi connectivity index (χ1n) is 12.8. The van der Waals surface area contributed by atoms with Crippen LogP contribution in [0.5, 0.6) is 0 Å². The van der Waals surface area contributed by atoms with E-state index >= 15 is 0 Å². The van der Waals surface area contributed by atoms with Gasteiger partial charge in [0.15, 0.2) is 0 Å². The monoisotopic (exact) mass is 380 g/mol. The minimum Gasteiger partial charge on any atom is -0.316 e. The lowest BCUT2D eigenvalue weighted by Gasteiger charge is -2.27. The highest BCUT2D eigenvalue weighted by atomic mass is 15.1. The van der Waals surface area contributed by atoms with Crippen molar-refractivity contribution in [2.45, 2.75) is 123 Å². The van der Waals surface area contributed by atoms with Gasteiger partial charge in [-0.25, -0.2) is 0 Å². The SMILES string of the molecule is CCCCCCCCCN(CCCCCCCCC)CCC1CCCNC1. The van der Waals surface area contributed by atoms with Crippen LogP contribution in [0.3, 0.4) is 0 Å². The molecule has 1 unspecified atom stereocenters. The van der Waals surface area contributed by atoms with Gasteiger partial charge in [-0.15, -0.1) is 0 Å². The normalized spacial score (nSPS) is 17.7. The molecule has 1 atom stereocenters. The highest BCUT2D eigenvalue weighted by molar-refractivity contribution is 4.71. The van der Waals surface area contributed by atoms with Crippen LogP contribution in [0.1, 0.15) is 123 Å². The van der Waals surface area contributed by atoms with Gasteiger partial charge in [0, 0.05) is 0 Å². The van der Waals surface area contributed by atoms with E-state index in [1.165, 1.54) is 142 Å². The summed E-state index contributed by atoms with van der Waals surface area (Å²) in [5, 5.41) is 3.59. The molecule has 0 spiro atoms. The largest absolute Gasteiger partial charge is 0.316 e. The lowest BCUT2D eigenvalue weighted by atomic mass is 9.96. The van der Waals surface area contributed by atoms with Gasteiger partial charge in [-0.1, -0.05) is 90.9 Å². The summed E-state index contributed by atoms with van der Waals surface area (Å²) in [6.45, 7) is 11.2. The van der Waals surface area contributed by atoms with Crippen LogP contribution >= 0.6 is 0 Å². The van der Waals surface area contributed by atoms with E-state index in [1.807, 2.05) is 0 Å². The first-order valence-corrected chi connectivity index (χ1v) is 12.8. The molecule has 1 aliphatic heterocycles. The Bertz CT molecular complexity index is 268. The third-order valence-corrected chi connectivity index (χ3v) is 6.41. The van der Waals surface area contributed by atoms with Crippen LogP contribution in [0.4, 0.5) is 0 Å². The second-order valence-electron chi connectivity index (χ2n) is 9.09. The third kappa shape index (κ3) is 15.5. The molecule has 0 amide bonds. The van der Waals surface area contributed by atoms with Gasteiger partial charge in [0.05, 0.1) is 0 Å². The van der Waals surface area contributed by atoms with Crippen LogP contribution in [-0.2, 0) is 0 Å².